The van der Waals surface area contributed by atoms with Gasteiger partial charge in [-0.15, -0.1) is 0 Å². The molecule has 2 saturated carbocycles. The van der Waals surface area contributed by atoms with E-state index in [9.17, 15) is 20.1 Å². The van der Waals surface area contributed by atoms with E-state index in [-0.39, 0.29) is 29.3 Å². The van der Waals surface area contributed by atoms with Crippen LogP contribution in [0.1, 0.15) is 86.0 Å². The lowest BCUT2D eigenvalue weighted by Gasteiger charge is -2.70. The van der Waals surface area contributed by atoms with Crippen molar-refractivity contribution in [2.45, 2.75) is 98.2 Å². The highest BCUT2D eigenvalue weighted by Crippen LogP contribution is 2.72. The van der Waals surface area contributed by atoms with Gasteiger partial charge in [0.15, 0.2) is 5.05 Å². The molecule has 0 aromatic rings. The summed E-state index contributed by atoms with van der Waals surface area (Å²) in [5.41, 5.74) is -0.482. The van der Waals surface area contributed by atoms with Gasteiger partial charge >= 0.3 is 0 Å². The molecular weight excluding hydrogens is 450 g/mol. The van der Waals surface area contributed by atoms with E-state index in [4.69, 9.17) is 17.0 Å². The van der Waals surface area contributed by atoms with Crippen molar-refractivity contribution in [2.24, 2.45) is 27.6 Å². The zero-order valence-corrected chi connectivity index (χ0v) is 22.5. The third-order valence-corrected chi connectivity index (χ3v) is 10.1. The van der Waals surface area contributed by atoms with Crippen LogP contribution in [0.15, 0.2) is 11.6 Å². The van der Waals surface area contributed by atoms with Crippen molar-refractivity contribution in [2.75, 3.05) is 19.8 Å². The second-order valence-electron chi connectivity index (χ2n) is 12.0. The molecule has 0 radical (unpaired) electrons. The number of ether oxygens (including phenoxy) is 1. The van der Waals surface area contributed by atoms with Crippen molar-refractivity contribution >= 4 is 23.2 Å². The molecule has 194 valence electrons. The van der Waals surface area contributed by atoms with Crippen molar-refractivity contribution in [1.82, 2.24) is 5.32 Å². The Morgan fingerprint density at radius 2 is 1.94 bits per heavy atom. The molecule has 6 nitrogen and oxygen atoms in total. The van der Waals surface area contributed by atoms with Crippen molar-refractivity contribution in [3.63, 3.8) is 0 Å². The van der Waals surface area contributed by atoms with E-state index in [1.165, 1.54) is 0 Å². The highest BCUT2D eigenvalue weighted by Gasteiger charge is 2.70. The minimum absolute atomic E-state index is 0.0162. The van der Waals surface area contributed by atoms with Gasteiger partial charge in [0, 0.05) is 30.7 Å². The molecule has 0 saturated heterocycles. The third kappa shape index (κ3) is 4.58. The van der Waals surface area contributed by atoms with E-state index < -0.39 is 23.0 Å². The van der Waals surface area contributed by atoms with Crippen LogP contribution < -0.4 is 5.32 Å². The Morgan fingerprint density at radius 3 is 2.56 bits per heavy atom. The fourth-order valence-electron chi connectivity index (χ4n) is 7.75. The molecule has 2 fully saturated rings. The van der Waals surface area contributed by atoms with Crippen molar-refractivity contribution in [1.29, 1.82) is 0 Å². The first-order chi connectivity index (χ1) is 15.9. The Balaban J connectivity index is 2.04. The average molecular weight is 496 g/mol. The molecular formula is C27H45NO5S. The smallest absolute Gasteiger partial charge is 0.220 e. The summed E-state index contributed by atoms with van der Waals surface area (Å²) < 4.78 is 6.08. The zero-order chi connectivity index (χ0) is 25.4. The van der Waals surface area contributed by atoms with Gasteiger partial charge in [0.25, 0.3) is 0 Å². The predicted octanol–water partition coefficient (Wildman–Crippen LogP) is 3.91. The number of rotatable bonds is 7. The Hall–Kier alpha value is -1.02. The van der Waals surface area contributed by atoms with Crippen LogP contribution in [0, 0.1) is 27.6 Å². The monoisotopic (exact) mass is 495 g/mol. The van der Waals surface area contributed by atoms with Gasteiger partial charge in [-0.25, -0.2) is 0 Å². The summed E-state index contributed by atoms with van der Waals surface area (Å²) in [5, 5.41) is 36.9. The summed E-state index contributed by atoms with van der Waals surface area (Å²) >= 11 is 5.30. The van der Waals surface area contributed by atoms with E-state index in [1.807, 2.05) is 13.0 Å². The summed E-state index contributed by atoms with van der Waals surface area (Å²) in [6.45, 7) is 11.2. The third-order valence-electron chi connectivity index (χ3n) is 9.94. The molecule has 7 heteroatoms. The predicted molar refractivity (Wildman–Crippen MR) is 137 cm³/mol. The zero-order valence-electron chi connectivity index (χ0n) is 21.7. The maximum Gasteiger partial charge on any atom is 0.220 e. The Labute approximate surface area is 210 Å². The number of nitrogens with one attached hydrogen (secondary N) is 1. The minimum Gasteiger partial charge on any atom is -0.487 e. The van der Waals surface area contributed by atoms with E-state index >= 15 is 0 Å². The summed E-state index contributed by atoms with van der Waals surface area (Å²) in [4.78, 5) is 12.1. The second kappa shape index (κ2) is 10.2. The van der Waals surface area contributed by atoms with Crippen molar-refractivity contribution < 1.29 is 24.9 Å². The number of fused-ring (bicyclic) bond motifs is 3. The van der Waals surface area contributed by atoms with Gasteiger partial charge in [0.1, 0.15) is 0 Å². The molecule has 4 N–H and O–H groups in total. The lowest BCUT2D eigenvalue weighted by molar-refractivity contribution is -0.258. The van der Waals surface area contributed by atoms with Gasteiger partial charge in [-0.1, -0.05) is 39.3 Å². The second-order valence-corrected chi connectivity index (χ2v) is 12.6. The number of amides is 1. The first kappa shape index (κ1) is 27.6. The summed E-state index contributed by atoms with van der Waals surface area (Å²) in [7, 11) is 0. The minimum atomic E-state index is -0.833. The molecule has 0 bridgehead atoms. The van der Waals surface area contributed by atoms with Crippen LogP contribution in [-0.2, 0) is 9.53 Å². The van der Waals surface area contributed by atoms with E-state index in [0.717, 1.165) is 37.7 Å². The van der Waals surface area contributed by atoms with Gasteiger partial charge in [-0.3, -0.25) is 4.79 Å². The molecule has 6 unspecified atom stereocenters. The Bertz CT molecular complexity index is 813. The van der Waals surface area contributed by atoms with Gasteiger partial charge in [-0.05, 0) is 73.9 Å². The molecule has 3 aliphatic carbocycles. The van der Waals surface area contributed by atoms with Crippen molar-refractivity contribution in [3.8, 4) is 0 Å². The summed E-state index contributed by atoms with van der Waals surface area (Å²) in [6, 6.07) is 0. The maximum absolute atomic E-state index is 12.1. The molecule has 0 spiro atoms. The highest BCUT2D eigenvalue weighted by molar-refractivity contribution is 7.80. The topological polar surface area (TPSA) is 99.0 Å². The number of aliphatic hydroxyl groups is 3. The lowest BCUT2D eigenvalue weighted by Crippen LogP contribution is -2.68. The SMILES string of the molecule is CCCC(=O)NCC1=CC(O)C2(CO)CCC3(C)C(C)(C)CC(O)CC3(COC(C)=S)C2CC1. The number of hydrogen-bond acceptors (Lipinski definition) is 6. The van der Waals surface area contributed by atoms with Gasteiger partial charge in [0.2, 0.25) is 5.91 Å². The molecule has 0 aromatic carbocycles. The van der Waals surface area contributed by atoms with Crippen LogP contribution in [0.25, 0.3) is 0 Å². The number of carbonyl (C=O) groups excluding carboxylic acids is 1. The first-order valence-corrected chi connectivity index (χ1v) is 13.3. The van der Waals surface area contributed by atoms with Crippen LogP contribution in [0.4, 0.5) is 0 Å². The van der Waals surface area contributed by atoms with Crippen LogP contribution in [0.2, 0.25) is 0 Å². The summed E-state index contributed by atoms with van der Waals surface area (Å²) in [5.74, 6) is -0.0510. The molecule has 34 heavy (non-hydrogen) atoms. The molecule has 0 aliphatic heterocycles. The molecule has 6 atom stereocenters. The maximum atomic E-state index is 12.1. The van der Waals surface area contributed by atoms with Gasteiger partial charge < -0.3 is 25.4 Å². The lowest BCUT2D eigenvalue weighted by atomic mass is 9.35. The molecule has 1 amide bonds. The quantitative estimate of drug-likeness (QED) is 0.316. The highest BCUT2D eigenvalue weighted by atomic mass is 32.1. The number of hydrogen-bond donors (Lipinski definition) is 4. The number of carbonyl (C=O) groups is 1. The van der Waals surface area contributed by atoms with Gasteiger partial charge in [0.05, 0.1) is 25.4 Å². The molecule has 0 heterocycles. The Morgan fingerprint density at radius 1 is 1.24 bits per heavy atom. The molecule has 3 aliphatic rings. The van der Waals surface area contributed by atoms with Crippen LogP contribution >= 0.6 is 12.2 Å². The summed E-state index contributed by atoms with van der Waals surface area (Å²) in [6.07, 6.45) is 6.14. The molecule has 0 aromatic heterocycles. The first-order valence-electron chi connectivity index (χ1n) is 12.9. The molecule has 3 rings (SSSR count). The van der Waals surface area contributed by atoms with E-state index in [0.29, 0.717) is 37.5 Å². The number of thiocarbonyl (C=S) groups is 1. The standard InChI is InChI=1S/C27H45NO5S/c1-6-7-23(32)28-15-19-8-9-21-26(16-29,22(31)12-19)11-10-25(5)24(3,4)13-20(30)14-27(21,25)17-33-18(2)34/h12,20-22,29-31H,6-11,13-17H2,1-5H3,(H,28,32). The van der Waals surface area contributed by atoms with Crippen molar-refractivity contribution in [3.05, 3.63) is 11.6 Å². The van der Waals surface area contributed by atoms with E-state index in [1.54, 1.807) is 6.92 Å². The normalized spacial score (nSPS) is 39.2. The van der Waals surface area contributed by atoms with E-state index in [2.05, 4.69) is 26.1 Å². The largest absolute Gasteiger partial charge is 0.487 e. The van der Waals surface area contributed by atoms with Crippen LogP contribution in [0.3, 0.4) is 0 Å². The number of aliphatic hydroxyl groups excluding tert-OH is 3. The Kier molecular flexibility index (Phi) is 8.23. The average Bonchev–Trinajstić information content (AvgIpc) is 2.89. The fraction of sp³-hybridized carbons (Fsp3) is 0.852. The fourth-order valence-corrected chi connectivity index (χ4v) is 7.81. The van der Waals surface area contributed by atoms with Crippen LogP contribution in [-0.4, -0.2) is 58.2 Å². The van der Waals surface area contributed by atoms with Gasteiger partial charge in [-0.2, -0.15) is 0 Å². The van der Waals surface area contributed by atoms with Crippen LogP contribution in [0.5, 0.6) is 0 Å².